The summed E-state index contributed by atoms with van der Waals surface area (Å²) in [7, 11) is 0. The molecule has 96 valence electrons. The lowest BCUT2D eigenvalue weighted by Crippen LogP contribution is -2.31. The van der Waals surface area contributed by atoms with Crippen LogP contribution in [0, 0.1) is 5.82 Å². The first-order valence-corrected chi connectivity index (χ1v) is 6.10. The van der Waals surface area contributed by atoms with Crippen molar-refractivity contribution in [3.05, 3.63) is 23.0 Å². The van der Waals surface area contributed by atoms with Gasteiger partial charge in [0.1, 0.15) is 5.82 Å². The van der Waals surface area contributed by atoms with Crippen LogP contribution in [-0.2, 0) is 10.3 Å². The van der Waals surface area contributed by atoms with E-state index in [4.69, 9.17) is 22.1 Å². The number of nitrogens with two attached hydrogens (primary N) is 1. The predicted molar refractivity (Wildman–Crippen MR) is 68.2 cm³/mol. The van der Waals surface area contributed by atoms with Crippen LogP contribution < -0.4 is 5.73 Å². The topological polar surface area (TPSA) is 53.1 Å². The Hall–Kier alpha value is -1.33. The first kappa shape index (κ1) is 11.7. The fourth-order valence-corrected chi connectivity index (χ4v) is 2.65. The molecule has 1 aliphatic heterocycles. The highest BCUT2D eigenvalue weighted by Crippen LogP contribution is 2.34. The molecule has 1 aliphatic rings. The number of ether oxygens (including phenoxy) is 1. The van der Waals surface area contributed by atoms with Gasteiger partial charge in [-0.15, -0.1) is 0 Å². The highest BCUT2D eigenvalue weighted by atomic mass is 35.5. The third-order valence-corrected chi connectivity index (χ3v) is 3.75. The molecule has 2 N–H and O–H groups in total. The second-order valence-corrected chi connectivity index (χ2v) is 5.27. The summed E-state index contributed by atoms with van der Waals surface area (Å²) in [5.74, 6) is -0.124. The standard InChI is InChI=1S/C12H13ClFN3O/c1-12(2-3-18-6-12)17-10-4-7(13)8(14)5-9(10)16-11(17)15/h4-5H,2-3,6H2,1H3,(H2,15,16). The Kier molecular flexibility index (Phi) is 2.50. The summed E-state index contributed by atoms with van der Waals surface area (Å²) in [5, 5.41) is 0.0752. The van der Waals surface area contributed by atoms with E-state index in [2.05, 4.69) is 11.9 Å². The molecule has 0 aliphatic carbocycles. The summed E-state index contributed by atoms with van der Waals surface area (Å²) < 4.78 is 20.7. The SMILES string of the molecule is CC1(n2c(N)nc3cc(F)c(Cl)cc32)CCOC1. The molecule has 1 aromatic carbocycles. The Bertz CT molecular complexity index is 619. The largest absolute Gasteiger partial charge is 0.379 e. The summed E-state index contributed by atoms with van der Waals surface area (Å²) in [6.07, 6.45) is 0.845. The summed E-state index contributed by atoms with van der Waals surface area (Å²) in [6.45, 7) is 3.30. The Morgan fingerprint density at radius 3 is 3.00 bits per heavy atom. The maximum atomic E-state index is 13.4. The number of hydrogen-bond acceptors (Lipinski definition) is 3. The zero-order valence-corrected chi connectivity index (χ0v) is 10.7. The third-order valence-electron chi connectivity index (χ3n) is 3.46. The molecule has 2 heterocycles. The smallest absolute Gasteiger partial charge is 0.201 e. The zero-order valence-electron chi connectivity index (χ0n) is 9.91. The number of halogens is 2. The number of rotatable bonds is 1. The van der Waals surface area contributed by atoms with E-state index in [1.807, 2.05) is 4.57 Å². The van der Waals surface area contributed by atoms with Gasteiger partial charge in [-0.1, -0.05) is 11.6 Å². The summed E-state index contributed by atoms with van der Waals surface area (Å²) in [4.78, 5) is 4.19. The van der Waals surface area contributed by atoms with Crippen LogP contribution in [0.15, 0.2) is 12.1 Å². The normalized spacial score (nSPS) is 23.9. The van der Waals surface area contributed by atoms with E-state index in [9.17, 15) is 4.39 Å². The molecule has 3 rings (SSSR count). The average molecular weight is 270 g/mol. The van der Waals surface area contributed by atoms with E-state index in [0.717, 1.165) is 11.9 Å². The van der Waals surface area contributed by atoms with Crippen molar-refractivity contribution in [1.82, 2.24) is 9.55 Å². The lowest BCUT2D eigenvalue weighted by Gasteiger charge is -2.26. The van der Waals surface area contributed by atoms with Gasteiger partial charge in [0.2, 0.25) is 5.95 Å². The average Bonchev–Trinajstić information content (AvgIpc) is 2.84. The zero-order chi connectivity index (χ0) is 12.9. The van der Waals surface area contributed by atoms with Crippen molar-refractivity contribution in [2.45, 2.75) is 18.9 Å². The van der Waals surface area contributed by atoms with Gasteiger partial charge in [-0.3, -0.25) is 0 Å². The van der Waals surface area contributed by atoms with E-state index in [-0.39, 0.29) is 10.6 Å². The number of nitrogens with zero attached hydrogens (tertiary/aromatic N) is 2. The summed E-state index contributed by atoms with van der Waals surface area (Å²) in [5.41, 5.74) is 6.96. The molecule has 0 spiro atoms. The molecule has 1 unspecified atom stereocenters. The number of fused-ring (bicyclic) bond motifs is 1. The highest BCUT2D eigenvalue weighted by molar-refractivity contribution is 6.31. The van der Waals surface area contributed by atoms with Gasteiger partial charge in [0, 0.05) is 12.7 Å². The van der Waals surface area contributed by atoms with Crippen LogP contribution in [0.4, 0.5) is 10.3 Å². The lowest BCUT2D eigenvalue weighted by atomic mass is 10.0. The van der Waals surface area contributed by atoms with Crippen molar-refractivity contribution < 1.29 is 9.13 Å². The first-order chi connectivity index (χ1) is 8.51. The van der Waals surface area contributed by atoms with E-state index in [1.54, 1.807) is 6.07 Å². The van der Waals surface area contributed by atoms with Crippen LogP contribution in [-0.4, -0.2) is 22.8 Å². The number of imidazole rings is 1. The molecular formula is C12H13ClFN3O. The fourth-order valence-electron chi connectivity index (χ4n) is 2.49. The van der Waals surface area contributed by atoms with Gasteiger partial charge < -0.3 is 15.0 Å². The lowest BCUT2D eigenvalue weighted by molar-refractivity contribution is 0.164. The number of hydrogen-bond donors (Lipinski definition) is 1. The van der Waals surface area contributed by atoms with Gasteiger partial charge in [0.05, 0.1) is 28.2 Å². The van der Waals surface area contributed by atoms with E-state index < -0.39 is 5.82 Å². The van der Waals surface area contributed by atoms with Crippen molar-refractivity contribution in [3.63, 3.8) is 0 Å². The van der Waals surface area contributed by atoms with Crippen LogP contribution in [0.2, 0.25) is 5.02 Å². The van der Waals surface area contributed by atoms with Crippen molar-refractivity contribution >= 4 is 28.6 Å². The van der Waals surface area contributed by atoms with Crippen molar-refractivity contribution in [1.29, 1.82) is 0 Å². The maximum Gasteiger partial charge on any atom is 0.201 e. The van der Waals surface area contributed by atoms with Gasteiger partial charge >= 0.3 is 0 Å². The van der Waals surface area contributed by atoms with Crippen LogP contribution in [0.1, 0.15) is 13.3 Å². The Balaban J connectivity index is 2.28. The highest BCUT2D eigenvalue weighted by Gasteiger charge is 2.34. The number of aromatic nitrogens is 2. The van der Waals surface area contributed by atoms with Gasteiger partial charge in [0.25, 0.3) is 0 Å². The second kappa shape index (κ2) is 3.83. The van der Waals surface area contributed by atoms with E-state index in [0.29, 0.717) is 24.7 Å². The molecule has 0 bridgehead atoms. The summed E-state index contributed by atoms with van der Waals surface area (Å²) in [6, 6.07) is 2.88. The molecule has 0 amide bonds. The maximum absolute atomic E-state index is 13.4. The van der Waals surface area contributed by atoms with Crippen molar-refractivity contribution in [2.24, 2.45) is 0 Å². The van der Waals surface area contributed by atoms with E-state index >= 15 is 0 Å². The van der Waals surface area contributed by atoms with Crippen LogP contribution in [0.25, 0.3) is 11.0 Å². The molecule has 1 saturated heterocycles. The fraction of sp³-hybridized carbons (Fsp3) is 0.417. The van der Waals surface area contributed by atoms with Crippen LogP contribution >= 0.6 is 11.6 Å². The molecule has 1 aromatic heterocycles. The Labute approximate surface area is 108 Å². The number of nitrogen functional groups attached to an aromatic ring is 1. The van der Waals surface area contributed by atoms with Crippen molar-refractivity contribution in [2.75, 3.05) is 18.9 Å². The van der Waals surface area contributed by atoms with Gasteiger partial charge in [-0.25, -0.2) is 9.37 Å². The number of anilines is 1. The second-order valence-electron chi connectivity index (χ2n) is 4.86. The molecular weight excluding hydrogens is 257 g/mol. The minimum atomic E-state index is -0.485. The van der Waals surface area contributed by atoms with Crippen molar-refractivity contribution in [3.8, 4) is 0 Å². The monoisotopic (exact) mass is 269 g/mol. The Morgan fingerprint density at radius 2 is 2.33 bits per heavy atom. The molecule has 0 saturated carbocycles. The van der Waals surface area contributed by atoms with Crippen LogP contribution in [0.5, 0.6) is 0 Å². The minimum Gasteiger partial charge on any atom is -0.379 e. The molecule has 18 heavy (non-hydrogen) atoms. The van der Waals surface area contributed by atoms with Gasteiger partial charge in [-0.05, 0) is 19.4 Å². The third kappa shape index (κ3) is 1.58. The predicted octanol–water partition coefficient (Wildman–Crippen LogP) is 2.55. The molecule has 6 heteroatoms. The number of benzene rings is 1. The first-order valence-electron chi connectivity index (χ1n) is 5.72. The molecule has 2 aromatic rings. The molecule has 4 nitrogen and oxygen atoms in total. The molecule has 1 atom stereocenters. The quantitative estimate of drug-likeness (QED) is 0.866. The van der Waals surface area contributed by atoms with Gasteiger partial charge in [-0.2, -0.15) is 0 Å². The molecule has 0 radical (unpaired) electrons. The van der Waals surface area contributed by atoms with Crippen LogP contribution in [0.3, 0.4) is 0 Å². The minimum absolute atomic E-state index is 0.0752. The molecule has 1 fully saturated rings. The van der Waals surface area contributed by atoms with Gasteiger partial charge in [0.15, 0.2) is 0 Å². The summed E-state index contributed by atoms with van der Waals surface area (Å²) >= 11 is 5.83. The van der Waals surface area contributed by atoms with E-state index in [1.165, 1.54) is 6.07 Å². The Morgan fingerprint density at radius 1 is 1.56 bits per heavy atom.